The van der Waals surface area contributed by atoms with Crippen molar-refractivity contribution in [3.63, 3.8) is 0 Å². The molecule has 0 aromatic heterocycles. The van der Waals surface area contributed by atoms with Gasteiger partial charge >= 0.3 is 0 Å². The molecule has 2 atom stereocenters. The lowest BCUT2D eigenvalue weighted by molar-refractivity contribution is 0.0606. The van der Waals surface area contributed by atoms with E-state index in [1.165, 1.54) is 0 Å². The van der Waals surface area contributed by atoms with Crippen molar-refractivity contribution in [2.45, 2.75) is 38.8 Å². The highest BCUT2D eigenvalue weighted by Crippen LogP contribution is 2.31. The maximum absolute atomic E-state index is 12.5. The Balaban J connectivity index is 1.54. The summed E-state index contributed by atoms with van der Waals surface area (Å²) in [6.07, 6.45) is 1.88. The summed E-state index contributed by atoms with van der Waals surface area (Å²) in [4.78, 5) is 12.5. The summed E-state index contributed by atoms with van der Waals surface area (Å²) in [6.45, 7) is 5.14. The molecule has 0 radical (unpaired) electrons. The minimum absolute atomic E-state index is 0.139. The number of fused-ring (bicyclic) bond motifs is 1. The molecule has 26 heavy (non-hydrogen) atoms. The molecule has 0 spiro atoms. The van der Waals surface area contributed by atoms with Crippen molar-refractivity contribution >= 4 is 5.91 Å². The van der Waals surface area contributed by atoms with Crippen LogP contribution in [-0.2, 0) is 0 Å². The third kappa shape index (κ3) is 4.48. The molecule has 0 saturated carbocycles. The Kier molecular flexibility index (Phi) is 6.00. The van der Waals surface area contributed by atoms with Crippen LogP contribution >= 0.6 is 0 Å². The average Bonchev–Trinajstić information content (AvgIpc) is 2.68. The summed E-state index contributed by atoms with van der Waals surface area (Å²) in [5, 5.41) is 2.98. The van der Waals surface area contributed by atoms with Crippen molar-refractivity contribution in [1.29, 1.82) is 0 Å². The Morgan fingerprint density at radius 1 is 1.19 bits per heavy atom. The van der Waals surface area contributed by atoms with Crippen LogP contribution in [0, 0.1) is 0 Å². The smallest absolute Gasteiger partial charge is 0.251 e. The Morgan fingerprint density at radius 2 is 1.92 bits per heavy atom. The van der Waals surface area contributed by atoms with Crippen LogP contribution in [0.2, 0.25) is 0 Å². The number of carbonyl (C=O) groups excluding carboxylic acids is 1. The van der Waals surface area contributed by atoms with Crippen LogP contribution in [0.1, 0.15) is 37.0 Å². The molecular weight excluding hydrogens is 330 g/mol. The maximum atomic E-state index is 12.5. The van der Waals surface area contributed by atoms with Gasteiger partial charge in [-0.3, -0.25) is 4.79 Å². The summed E-state index contributed by atoms with van der Waals surface area (Å²) in [5.74, 6) is 2.09. The van der Waals surface area contributed by atoms with E-state index in [2.05, 4.69) is 12.2 Å². The molecule has 0 saturated heterocycles. The fourth-order valence-electron chi connectivity index (χ4n) is 2.70. The van der Waals surface area contributed by atoms with Crippen molar-refractivity contribution in [1.82, 2.24) is 5.32 Å². The van der Waals surface area contributed by atoms with Gasteiger partial charge in [-0.15, -0.1) is 0 Å². The SMILES string of the molecule is CCCCOc1ccc(C(=O)NC(C)C2COc3ccccc3O2)cc1. The largest absolute Gasteiger partial charge is 0.494 e. The summed E-state index contributed by atoms with van der Waals surface area (Å²) in [6, 6.07) is 14.6. The number of nitrogens with one attached hydrogen (secondary N) is 1. The van der Waals surface area contributed by atoms with Crippen LogP contribution in [0.5, 0.6) is 17.2 Å². The number of rotatable bonds is 7. The molecule has 2 aromatic rings. The van der Waals surface area contributed by atoms with Gasteiger partial charge in [-0.25, -0.2) is 0 Å². The lowest BCUT2D eigenvalue weighted by Gasteiger charge is -2.30. The predicted molar refractivity (Wildman–Crippen MR) is 100 cm³/mol. The fourth-order valence-corrected chi connectivity index (χ4v) is 2.70. The van der Waals surface area contributed by atoms with Gasteiger partial charge in [-0.2, -0.15) is 0 Å². The monoisotopic (exact) mass is 355 g/mol. The number of para-hydroxylation sites is 2. The van der Waals surface area contributed by atoms with E-state index < -0.39 is 0 Å². The maximum Gasteiger partial charge on any atom is 0.251 e. The zero-order valence-corrected chi connectivity index (χ0v) is 15.2. The van der Waals surface area contributed by atoms with E-state index in [0.717, 1.165) is 24.3 Å². The molecule has 1 N–H and O–H groups in total. The van der Waals surface area contributed by atoms with E-state index >= 15 is 0 Å². The van der Waals surface area contributed by atoms with Crippen LogP contribution in [-0.4, -0.2) is 31.3 Å². The molecule has 5 heteroatoms. The van der Waals surface area contributed by atoms with Crippen molar-refractivity contribution in [3.05, 3.63) is 54.1 Å². The first kappa shape index (κ1) is 18.1. The quantitative estimate of drug-likeness (QED) is 0.767. The first-order valence-corrected chi connectivity index (χ1v) is 9.09. The van der Waals surface area contributed by atoms with E-state index in [1.807, 2.05) is 43.3 Å². The molecule has 3 rings (SSSR count). The number of hydrogen-bond donors (Lipinski definition) is 1. The van der Waals surface area contributed by atoms with Gasteiger partial charge in [0.15, 0.2) is 17.6 Å². The van der Waals surface area contributed by atoms with Crippen LogP contribution < -0.4 is 19.5 Å². The van der Waals surface area contributed by atoms with Gasteiger partial charge in [0.25, 0.3) is 5.91 Å². The molecule has 1 heterocycles. The summed E-state index contributed by atoms with van der Waals surface area (Å²) >= 11 is 0. The van der Waals surface area contributed by atoms with E-state index in [-0.39, 0.29) is 18.1 Å². The molecule has 5 nitrogen and oxygen atoms in total. The van der Waals surface area contributed by atoms with Crippen molar-refractivity contribution in [2.75, 3.05) is 13.2 Å². The lowest BCUT2D eigenvalue weighted by Crippen LogP contribution is -2.48. The standard InChI is InChI=1S/C21H25NO4/c1-3-4-13-24-17-11-9-16(10-12-17)21(23)22-15(2)20-14-25-18-7-5-6-8-19(18)26-20/h5-12,15,20H,3-4,13-14H2,1-2H3,(H,22,23). The molecule has 1 aliphatic rings. The van der Waals surface area contributed by atoms with Crippen LogP contribution in [0.25, 0.3) is 0 Å². The predicted octanol–water partition coefficient (Wildman–Crippen LogP) is 3.82. The molecular formula is C21H25NO4. The Hall–Kier alpha value is -2.69. The highest BCUT2D eigenvalue weighted by atomic mass is 16.6. The van der Waals surface area contributed by atoms with E-state index in [1.54, 1.807) is 12.1 Å². The van der Waals surface area contributed by atoms with Crippen LogP contribution in [0.4, 0.5) is 0 Å². The Morgan fingerprint density at radius 3 is 2.65 bits per heavy atom. The normalized spacial score (nSPS) is 16.6. The van der Waals surface area contributed by atoms with Gasteiger partial charge in [-0.1, -0.05) is 25.5 Å². The third-order valence-corrected chi connectivity index (χ3v) is 4.33. The van der Waals surface area contributed by atoms with E-state index in [4.69, 9.17) is 14.2 Å². The molecule has 138 valence electrons. The number of hydrogen-bond acceptors (Lipinski definition) is 4. The fraction of sp³-hybridized carbons (Fsp3) is 0.381. The first-order valence-electron chi connectivity index (χ1n) is 9.09. The highest BCUT2D eigenvalue weighted by molar-refractivity contribution is 5.94. The van der Waals surface area contributed by atoms with Gasteiger partial charge in [0.1, 0.15) is 12.4 Å². The molecule has 1 amide bonds. The van der Waals surface area contributed by atoms with Crippen molar-refractivity contribution < 1.29 is 19.0 Å². The second-order valence-electron chi connectivity index (χ2n) is 6.40. The molecule has 0 aliphatic carbocycles. The molecule has 2 unspecified atom stereocenters. The van der Waals surface area contributed by atoms with Crippen molar-refractivity contribution in [3.8, 4) is 17.2 Å². The number of carbonyl (C=O) groups is 1. The number of ether oxygens (including phenoxy) is 3. The highest BCUT2D eigenvalue weighted by Gasteiger charge is 2.27. The minimum atomic E-state index is -0.231. The summed E-state index contributed by atoms with van der Waals surface area (Å²) in [7, 11) is 0. The van der Waals surface area contributed by atoms with Gasteiger partial charge in [-0.05, 0) is 49.7 Å². The van der Waals surface area contributed by atoms with Crippen LogP contribution in [0.3, 0.4) is 0 Å². The topological polar surface area (TPSA) is 56.8 Å². The minimum Gasteiger partial charge on any atom is -0.494 e. The zero-order chi connectivity index (χ0) is 18.4. The van der Waals surface area contributed by atoms with Gasteiger partial charge in [0, 0.05) is 5.56 Å². The number of benzene rings is 2. The molecule has 0 bridgehead atoms. The van der Waals surface area contributed by atoms with Gasteiger partial charge in [0.2, 0.25) is 0 Å². The zero-order valence-electron chi connectivity index (χ0n) is 15.2. The van der Waals surface area contributed by atoms with Gasteiger partial charge in [0.05, 0.1) is 12.6 Å². The molecule has 0 fully saturated rings. The Labute approximate surface area is 154 Å². The number of unbranched alkanes of at least 4 members (excludes halogenated alkanes) is 1. The summed E-state index contributed by atoms with van der Waals surface area (Å²) < 4.78 is 17.3. The average molecular weight is 355 g/mol. The van der Waals surface area contributed by atoms with Gasteiger partial charge < -0.3 is 19.5 Å². The van der Waals surface area contributed by atoms with E-state index in [0.29, 0.717) is 24.5 Å². The number of amides is 1. The second kappa shape index (κ2) is 8.61. The Bertz CT molecular complexity index is 729. The molecule has 2 aromatic carbocycles. The van der Waals surface area contributed by atoms with E-state index in [9.17, 15) is 4.79 Å². The second-order valence-corrected chi connectivity index (χ2v) is 6.40. The lowest BCUT2D eigenvalue weighted by atomic mass is 10.1. The first-order chi connectivity index (χ1) is 12.7. The third-order valence-electron chi connectivity index (χ3n) is 4.33. The van der Waals surface area contributed by atoms with Crippen molar-refractivity contribution in [2.24, 2.45) is 0 Å². The molecule has 1 aliphatic heterocycles. The van der Waals surface area contributed by atoms with Crippen LogP contribution in [0.15, 0.2) is 48.5 Å². The summed E-state index contributed by atoms with van der Waals surface area (Å²) in [5.41, 5.74) is 0.594.